The quantitative estimate of drug-likeness (QED) is 0.418. The summed E-state index contributed by atoms with van der Waals surface area (Å²) in [5.41, 5.74) is 1.34. The first-order valence-corrected chi connectivity index (χ1v) is 9.29. The first kappa shape index (κ1) is 19.6. The fourth-order valence-electron chi connectivity index (χ4n) is 2.58. The summed E-state index contributed by atoms with van der Waals surface area (Å²) in [5, 5.41) is 2.58. The van der Waals surface area contributed by atoms with Crippen molar-refractivity contribution >= 4 is 45.6 Å². The van der Waals surface area contributed by atoms with Gasteiger partial charge in [0.1, 0.15) is 11.4 Å². The first-order valence-electron chi connectivity index (χ1n) is 8.49. The second-order valence-electron chi connectivity index (χ2n) is 5.75. The minimum Gasteiger partial charge on any atom is -0.481 e. The Morgan fingerprint density at radius 3 is 2.61 bits per heavy atom. The van der Waals surface area contributed by atoms with Crippen molar-refractivity contribution in [1.82, 2.24) is 5.32 Å². The molecule has 1 fully saturated rings. The van der Waals surface area contributed by atoms with Crippen molar-refractivity contribution in [3.8, 4) is 5.75 Å². The molecule has 3 rings (SSSR count). The number of imide groups is 1. The maximum atomic E-state index is 12.6. The summed E-state index contributed by atoms with van der Waals surface area (Å²) in [6.45, 7) is 1.81. The van der Waals surface area contributed by atoms with Crippen molar-refractivity contribution in [2.24, 2.45) is 0 Å². The lowest BCUT2D eigenvalue weighted by atomic mass is 10.2. The number of nitrogens with zero attached hydrogens (tertiary/aromatic N) is 1. The molecule has 0 bridgehead atoms. The van der Waals surface area contributed by atoms with Crippen LogP contribution >= 0.6 is 15.9 Å². The molecule has 0 aromatic heterocycles. The molecule has 0 saturated carbocycles. The van der Waals surface area contributed by atoms with Crippen molar-refractivity contribution in [3.63, 3.8) is 0 Å². The zero-order valence-corrected chi connectivity index (χ0v) is 16.6. The van der Waals surface area contributed by atoms with Crippen molar-refractivity contribution in [1.29, 1.82) is 0 Å². The topological polar surface area (TPSA) is 84.9 Å². The van der Waals surface area contributed by atoms with Gasteiger partial charge in [-0.25, -0.2) is 14.5 Å². The average Bonchev–Trinajstić information content (AvgIpc) is 2.95. The number of urea groups is 1. The standard InChI is InChI=1S/C20H17BrN2O5/c1-2-27-18(24)12-28-17-9-8-13(10-15(17)21)11-16-19(25)23(20(26)22-16)14-6-4-3-5-7-14/h3-11H,2,12H2,1H3,(H,22,26)/b16-11+. The average molecular weight is 445 g/mol. The van der Waals surface area contributed by atoms with Gasteiger partial charge in [0.25, 0.3) is 5.91 Å². The van der Waals surface area contributed by atoms with E-state index in [1.807, 2.05) is 6.07 Å². The Morgan fingerprint density at radius 2 is 1.93 bits per heavy atom. The van der Waals surface area contributed by atoms with Crippen LogP contribution in [0.1, 0.15) is 12.5 Å². The number of anilines is 1. The van der Waals surface area contributed by atoms with Gasteiger partial charge in [-0.15, -0.1) is 0 Å². The van der Waals surface area contributed by atoms with Gasteiger partial charge >= 0.3 is 12.0 Å². The monoisotopic (exact) mass is 444 g/mol. The summed E-state index contributed by atoms with van der Waals surface area (Å²) in [5.74, 6) is -0.432. The van der Waals surface area contributed by atoms with E-state index in [4.69, 9.17) is 9.47 Å². The lowest BCUT2D eigenvalue weighted by Gasteiger charge is -2.11. The number of esters is 1. The molecule has 0 unspecified atom stereocenters. The van der Waals surface area contributed by atoms with Gasteiger partial charge in [-0.1, -0.05) is 24.3 Å². The number of rotatable bonds is 6. The zero-order chi connectivity index (χ0) is 20.1. The van der Waals surface area contributed by atoms with Crippen LogP contribution in [0, 0.1) is 0 Å². The van der Waals surface area contributed by atoms with E-state index in [9.17, 15) is 14.4 Å². The molecule has 8 heteroatoms. The highest BCUT2D eigenvalue weighted by molar-refractivity contribution is 9.10. The third kappa shape index (κ3) is 4.40. The molecule has 2 aromatic carbocycles. The number of para-hydroxylation sites is 1. The van der Waals surface area contributed by atoms with Crippen LogP contribution in [0.25, 0.3) is 6.08 Å². The lowest BCUT2D eigenvalue weighted by molar-refractivity contribution is -0.145. The lowest BCUT2D eigenvalue weighted by Crippen LogP contribution is -2.30. The molecule has 0 radical (unpaired) electrons. The SMILES string of the molecule is CCOC(=O)COc1ccc(/C=C2/NC(=O)N(c3ccccc3)C2=O)cc1Br. The van der Waals surface area contributed by atoms with E-state index in [0.29, 0.717) is 21.5 Å². The van der Waals surface area contributed by atoms with Gasteiger partial charge in [0.05, 0.1) is 16.8 Å². The van der Waals surface area contributed by atoms with Crippen LogP contribution < -0.4 is 15.0 Å². The first-order chi connectivity index (χ1) is 13.5. The number of nitrogens with one attached hydrogen (secondary N) is 1. The van der Waals surface area contributed by atoms with E-state index in [2.05, 4.69) is 21.2 Å². The predicted molar refractivity (Wildman–Crippen MR) is 107 cm³/mol. The Hall–Kier alpha value is -3.13. The number of halogens is 1. The molecule has 0 aliphatic carbocycles. The highest BCUT2D eigenvalue weighted by Crippen LogP contribution is 2.28. The largest absolute Gasteiger partial charge is 0.481 e. The molecule has 28 heavy (non-hydrogen) atoms. The molecule has 1 aliphatic rings. The van der Waals surface area contributed by atoms with Crippen LogP contribution in [0.2, 0.25) is 0 Å². The molecular weight excluding hydrogens is 428 g/mol. The fourth-order valence-corrected chi connectivity index (χ4v) is 3.09. The van der Waals surface area contributed by atoms with Crippen LogP contribution in [-0.2, 0) is 14.3 Å². The maximum absolute atomic E-state index is 12.6. The molecule has 0 atom stereocenters. The molecule has 1 aliphatic heterocycles. The van der Waals surface area contributed by atoms with Gasteiger partial charge in [-0.2, -0.15) is 0 Å². The molecule has 1 N–H and O–H groups in total. The number of carbonyl (C=O) groups excluding carboxylic acids is 3. The van der Waals surface area contributed by atoms with Crippen molar-refractivity contribution in [3.05, 3.63) is 64.3 Å². The van der Waals surface area contributed by atoms with Gasteiger partial charge in [-0.3, -0.25) is 4.79 Å². The Morgan fingerprint density at radius 1 is 1.18 bits per heavy atom. The van der Waals surface area contributed by atoms with Crippen LogP contribution in [0.4, 0.5) is 10.5 Å². The highest BCUT2D eigenvalue weighted by atomic mass is 79.9. The summed E-state index contributed by atoms with van der Waals surface area (Å²) in [6.07, 6.45) is 1.57. The molecule has 0 spiro atoms. The molecule has 1 heterocycles. The second kappa shape index (κ2) is 8.71. The van der Waals surface area contributed by atoms with E-state index in [0.717, 1.165) is 4.90 Å². The van der Waals surface area contributed by atoms with Gasteiger partial charge < -0.3 is 14.8 Å². The Bertz CT molecular complexity index is 943. The zero-order valence-electron chi connectivity index (χ0n) is 15.0. The second-order valence-corrected chi connectivity index (χ2v) is 6.60. The Kier molecular flexibility index (Phi) is 6.10. The number of ether oxygens (including phenoxy) is 2. The normalized spacial score (nSPS) is 14.9. The third-order valence-electron chi connectivity index (χ3n) is 3.81. The minimum atomic E-state index is -0.504. The van der Waals surface area contributed by atoms with E-state index in [1.54, 1.807) is 55.5 Å². The third-order valence-corrected chi connectivity index (χ3v) is 4.43. The summed E-state index contributed by atoms with van der Waals surface area (Å²) in [7, 11) is 0. The van der Waals surface area contributed by atoms with Crippen LogP contribution in [0.5, 0.6) is 5.75 Å². The van der Waals surface area contributed by atoms with Crippen LogP contribution in [0.15, 0.2) is 58.7 Å². The van der Waals surface area contributed by atoms with Gasteiger partial charge in [0.2, 0.25) is 0 Å². The van der Waals surface area contributed by atoms with Crippen molar-refractivity contribution < 1.29 is 23.9 Å². The van der Waals surface area contributed by atoms with Gasteiger partial charge in [0, 0.05) is 0 Å². The van der Waals surface area contributed by atoms with Gasteiger partial charge in [0.15, 0.2) is 6.61 Å². The molecular formula is C20H17BrN2O5. The van der Waals surface area contributed by atoms with Crippen LogP contribution in [0.3, 0.4) is 0 Å². The molecule has 144 valence electrons. The summed E-state index contributed by atoms with van der Waals surface area (Å²) < 4.78 is 10.8. The molecule has 2 aromatic rings. The van der Waals surface area contributed by atoms with E-state index in [-0.39, 0.29) is 18.9 Å². The number of hydrogen-bond donors (Lipinski definition) is 1. The molecule has 1 saturated heterocycles. The smallest absolute Gasteiger partial charge is 0.344 e. The van der Waals surface area contributed by atoms with Crippen LogP contribution in [-0.4, -0.2) is 31.1 Å². The number of carbonyl (C=O) groups is 3. The van der Waals surface area contributed by atoms with E-state index < -0.39 is 17.9 Å². The van der Waals surface area contributed by atoms with E-state index in [1.165, 1.54) is 0 Å². The minimum absolute atomic E-state index is 0.168. The summed E-state index contributed by atoms with van der Waals surface area (Å²) in [6, 6.07) is 13.3. The predicted octanol–water partition coefficient (Wildman–Crippen LogP) is 3.49. The Labute approximate surface area is 170 Å². The molecule has 3 amide bonds. The fraction of sp³-hybridized carbons (Fsp3) is 0.150. The maximum Gasteiger partial charge on any atom is 0.344 e. The molecule has 7 nitrogen and oxygen atoms in total. The number of benzene rings is 2. The van der Waals surface area contributed by atoms with Gasteiger partial charge in [-0.05, 0) is 58.8 Å². The summed E-state index contributed by atoms with van der Waals surface area (Å²) >= 11 is 3.37. The Balaban J connectivity index is 1.75. The summed E-state index contributed by atoms with van der Waals surface area (Å²) in [4.78, 5) is 37.3. The highest BCUT2D eigenvalue weighted by Gasteiger charge is 2.34. The van der Waals surface area contributed by atoms with Crippen molar-refractivity contribution in [2.75, 3.05) is 18.1 Å². The number of amides is 3. The van der Waals surface area contributed by atoms with E-state index >= 15 is 0 Å². The van der Waals surface area contributed by atoms with Crippen molar-refractivity contribution in [2.45, 2.75) is 6.92 Å². The number of hydrogen-bond acceptors (Lipinski definition) is 5.